The molecule has 6 nitrogen and oxygen atoms in total. The Morgan fingerprint density at radius 1 is 1.50 bits per heavy atom. The molecular weight excluding hydrogens is 254 g/mol. The van der Waals surface area contributed by atoms with Crippen LogP contribution in [0.15, 0.2) is 4.52 Å². The van der Waals surface area contributed by atoms with E-state index in [-0.39, 0.29) is 11.2 Å². The largest absolute Gasteiger partial charge is 0.339 e. The van der Waals surface area contributed by atoms with Gasteiger partial charge in [-0.05, 0) is 33.6 Å². The zero-order valence-electron chi connectivity index (χ0n) is 11.0. The van der Waals surface area contributed by atoms with Crippen molar-refractivity contribution in [3.8, 4) is 0 Å². The lowest BCUT2D eigenvalue weighted by molar-refractivity contribution is 0.191. The van der Waals surface area contributed by atoms with Gasteiger partial charge in [-0.15, -0.1) is 0 Å². The topological polar surface area (TPSA) is 76.3 Å². The molecule has 18 heavy (non-hydrogen) atoms. The highest BCUT2D eigenvalue weighted by Gasteiger charge is 2.40. The van der Waals surface area contributed by atoms with Gasteiger partial charge in [-0.1, -0.05) is 5.16 Å². The number of sulfonamides is 1. The van der Waals surface area contributed by atoms with E-state index in [0.717, 1.165) is 12.8 Å². The Balaban J connectivity index is 2.25. The van der Waals surface area contributed by atoms with Crippen LogP contribution in [-0.4, -0.2) is 41.7 Å². The van der Waals surface area contributed by atoms with Gasteiger partial charge in [0.15, 0.2) is 5.82 Å². The van der Waals surface area contributed by atoms with Crippen molar-refractivity contribution in [2.75, 3.05) is 18.8 Å². The maximum atomic E-state index is 11.9. The number of rotatable bonds is 3. The van der Waals surface area contributed by atoms with Crippen molar-refractivity contribution in [3.05, 3.63) is 11.7 Å². The van der Waals surface area contributed by atoms with Crippen molar-refractivity contribution in [2.24, 2.45) is 0 Å². The van der Waals surface area contributed by atoms with Crippen LogP contribution in [0.1, 0.15) is 38.4 Å². The van der Waals surface area contributed by atoms with E-state index in [1.807, 2.05) is 6.92 Å². The lowest BCUT2D eigenvalue weighted by Crippen LogP contribution is -2.47. The Morgan fingerprint density at radius 2 is 2.22 bits per heavy atom. The van der Waals surface area contributed by atoms with Crippen molar-refractivity contribution in [3.63, 3.8) is 0 Å². The highest BCUT2D eigenvalue weighted by molar-refractivity contribution is 7.89. The van der Waals surface area contributed by atoms with Crippen LogP contribution in [0.5, 0.6) is 0 Å². The molecule has 1 aliphatic rings. The van der Waals surface area contributed by atoms with Crippen LogP contribution in [0.3, 0.4) is 0 Å². The van der Waals surface area contributed by atoms with Crippen LogP contribution in [0, 0.1) is 6.92 Å². The molecule has 102 valence electrons. The third-order valence-corrected chi connectivity index (χ3v) is 5.29. The third kappa shape index (κ3) is 2.42. The predicted octanol–water partition coefficient (Wildman–Crippen LogP) is 1.08. The first-order valence-corrected chi connectivity index (χ1v) is 7.77. The maximum absolute atomic E-state index is 11.9. The summed E-state index contributed by atoms with van der Waals surface area (Å²) in [5.41, 5.74) is -0.373. The maximum Gasteiger partial charge on any atom is 0.233 e. The van der Waals surface area contributed by atoms with Gasteiger partial charge < -0.3 is 4.52 Å². The van der Waals surface area contributed by atoms with Crippen LogP contribution >= 0.6 is 0 Å². The SMILES string of the molecule is CCS(=O)(=O)N1CCC[C@@](C)(c2nc(C)no2)C1. The van der Waals surface area contributed by atoms with E-state index in [1.54, 1.807) is 13.8 Å². The lowest BCUT2D eigenvalue weighted by atomic mass is 9.83. The molecule has 0 spiro atoms. The Morgan fingerprint density at radius 3 is 2.78 bits per heavy atom. The Labute approximate surface area is 107 Å². The van der Waals surface area contributed by atoms with Gasteiger partial charge >= 0.3 is 0 Å². The average molecular weight is 273 g/mol. The summed E-state index contributed by atoms with van der Waals surface area (Å²) >= 11 is 0. The summed E-state index contributed by atoms with van der Waals surface area (Å²) in [7, 11) is -3.15. The quantitative estimate of drug-likeness (QED) is 0.823. The van der Waals surface area contributed by atoms with Gasteiger partial charge in [0.1, 0.15) is 0 Å². The van der Waals surface area contributed by atoms with Crippen LogP contribution in [0.25, 0.3) is 0 Å². The summed E-state index contributed by atoms with van der Waals surface area (Å²) in [5, 5.41) is 3.79. The molecule has 1 aromatic heterocycles. The molecule has 0 radical (unpaired) electrons. The monoisotopic (exact) mass is 273 g/mol. The summed E-state index contributed by atoms with van der Waals surface area (Å²) in [6.45, 7) is 6.42. The number of hydrogen-bond donors (Lipinski definition) is 0. The van der Waals surface area contributed by atoms with Gasteiger partial charge in [0.05, 0.1) is 11.2 Å². The molecular formula is C11H19N3O3S. The molecule has 2 rings (SSSR count). The van der Waals surface area contributed by atoms with E-state index in [4.69, 9.17) is 4.52 Å². The molecule has 2 heterocycles. The number of aryl methyl sites for hydroxylation is 1. The number of piperidine rings is 1. The lowest BCUT2D eigenvalue weighted by Gasteiger charge is -2.36. The molecule has 1 atom stereocenters. The van der Waals surface area contributed by atoms with Crippen molar-refractivity contribution in [2.45, 2.75) is 39.0 Å². The fourth-order valence-corrected chi connectivity index (χ4v) is 3.58. The van der Waals surface area contributed by atoms with Crippen molar-refractivity contribution >= 4 is 10.0 Å². The fourth-order valence-electron chi connectivity index (χ4n) is 2.33. The van der Waals surface area contributed by atoms with Crippen molar-refractivity contribution < 1.29 is 12.9 Å². The van der Waals surface area contributed by atoms with Crippen LogP contribution in [-0.2, 0) is 15.4 Å². The molecule has 0 unspecified atom stereocenters. The molecule has 0 amide bonds. The molecule has 0 N–H and O–H groups in total. The normalized spacial score (nSPS) is 26.4. The smallest absolute Gasteiger partial charge is 0.233 e. The van der Waals surface area contributed by atoms with Gasteiger partial charge in [-0.3, -0.25) is 0 Å². The number of nitrogens with zero attached hydrogens (tertiary/aromatic N) is 3. The highest BCUT2D eigenvalue weighted by Crippen LogP contribution is 2.33. The van der Waals surface area contributed by atoms with E-state index in [0.29, 0.717) is 24.8 Å². The van der Waals surface area contributed by atoms with E-state index in [2.05, 4.69) is 10.1 Å². The fraction of sp³-hybridized carbons (Fsp3) is 0.818. The summed E-state index contributed by atoms with van der Waals surface area (Å²) in [6.07, 6.45) is 1.68. The second kappa shape index (κ2) is 4.62. The van der Waals surface area contributed by atoms with E-state index < -0.39 is 10.0 Å². The first-order chi connectivity index (χ1) is 8.37. The van der Waals surface area contributed by atoms with Gasteiger partial charge in [-0.25, -0.2) is 12.7 Å². The second-order valence-electron chi connectivity index (χ2n) is 5.05. The predicted molar refractivity (Wildman–Crippen MR) is 66.7 cm³/mol. The van der Waals surface area contributed by atoms with Crippen molar-refractivity contribution in [1.29, 1.82) is 0 Å². The summed E-state index contributed by atoms with van der Waals surface area (Å²) < 4.78 is 30.6. The minimum absolute atomic E-state index is 0.131. The van der Waals surface area contributed by atoms with Gasteiger partial charge in [0.2, 0.25) is 15.9 Å². The molecule has 0 aliphatic carbocycles. The Hall–Kier alpha value is -0.950. The summed E-state index contributed by atoms with van der Waals surface area (Å²) in [5.74, 6) is 1.25. The molecule has 0 aromatic carbocycles. The molecule has 1 aliphatic heterocycles. The molecule has 0 bridgehead atoms. The molecule has 1 saturated heterocycles. The molecule has 1 aromatic rings. The zero-order valence-corrected chi connectivity index (χ0v) is 11.8. The first-order valence-electron chi connectivity index (χ1n) is 6.16. The highest BCUT2D eigenvalue weighted by atomic mass is 32.2. The van der Waals surface area contributed by atoms with Crippen LogP contribution < -0.4 is 0 Å². The van der Waals surface area contributed by atoms with E-state index >= 15 is 0 Å². The van der Waals surface area contributed by atoms with E-state index in [1.165, 1.54) is 4.31 Å². The van der Waals surface area contributed by atoms with Gasteiger partial charge in [-0.2, -0.15) is 4.98 Å². The Bertz CT molecular complexity index is 525. The zero-order chi connectivity index (χ0) is 13.4. The van der Waals surface area contributed by atoms with Crippen LogP contribution in [0.2, 0.25) is 0 Å². The standard InChI is InChI=1S/C11H19N3O3S/c1-4-18(15,16)14-7-5-6-11(3,8-14)10-12-9(2)13-17-10/h4-8H2,1-3H3/t11-/m1/s1. The van der Waals surface area contributed by atoms with Gasteiger partial charge in [0, 0.05) is 13.1 Å². The van der Waals surface area contributed by atoms with E-state index in [9.17, 15) is 8.42 Å². The second-order valence-corrected chi connectivity index (χ2v) is 7.30. The summed E-state index contributed by atoms with van der Waals surface area (Å²) in [6, 6.07) is 0. The summed E-state index contributed by atoms with van der Waals surface area (Å²) in [4.78, 5) is 4.25. The molecule has 1 fully saturated rings. The first kappa shape index (κ1) is 13.5. The minimum Gasteiger partial charge on any atom is -0.339 e. The minimum atomic E-state index is -3.15. The number of aromatic nitrogens is 2. The third-order valence-electron chi connectivity index (χ3n) is 3.46. The molecule has 7 heteroatoms. The van der Waals surface area contributed by atoms with Gasteiger partial charge in [0.25, 0.3) is 0 Å². The van der Waals surface area contributed by atoms with Crippen molar-refractivity contribution in [1.82, 2.24) is 14.4 Å². The average Bonchev–Trinajstić information content (AvgIpc) is 2.77. The van der Waals surface area contributed by atoms with Crippen LogP contribution in [0.4, 0.5) is 0 Å². The molecule has 0 saturated carbocycles. The number of hydrogen-bond acceptors (Lipinski definition) is 5. The Kier molecular flexibility index (Phi) is 3.46.